The lowest BCUT2D eigenvalue weighted by atomic mass is 10.2. The van der Waals surface area contributed by atoms with E-state index in [1.807, 2.05) is 0 Å². The average molecular weight is 491 g/mol. The first-order valence-corrected chi connectivity index (χ1v) is 12.2. The molecule has 0 radical (unpaired) electrons. The number of thiazole rings is 1. The molecule has 0 saturated carbocycles. The highest BCUT2D eigenvalue weighted by Crippen LogP contribution is 2.21. The maximum atomic E-state index is 12.9. The Hall–Kier alpha value is -3.31. The summed E-state index contributed by atoms with van der Waals surface area (Å²) in [5.74, 6) is -1.75. The van der Waals surface area contributed by atoms with Crippen LogP contribution in [0.15, 0.2) is 52.4 Å². The summed E-state index contributed by atoms with van der Waals surface area (Å²) < 4.78 is 36.5. The van der Waals surface area contributed by atoms with Gasteiger partial charge in [0.15, 0.2) is 14.6 Å². The van der Waals surface area contributed by atoms with Crippen molar-refractivity contribution in [2.75, 3.05) is 14.2 Å². The lowest BCUT2D eigenvalue weighted by molar-refractivity contribution is -0.141. The molecule has 3 rings (SSSR count). The quantitative estimate of drug-likeness (QED) is 0.487. The number of carbonyl (C=O) groups is 3. The molecule has 0 bridgehead atoms. The Bertz CT molecular complexity index is 1420. The van der Waals surface area contributed by atoms with Crippen LogP contribution in [-0.2, 0) is 30.7 Å². The van der Waals surface area contributed by atoms with Crippen molar-refractivity contribution in [3.8, 4) is 0 Å². The predicted octanol–water partition coefficient (Wildman–Crippen LogP) is 2.59. The van der Waals surface area contributed by atoms with Gasteiger partial charge in [0.1, 0.15) is 6.54 Å². The summed E-state index contributed by atoms with van der Waals surface area (Å²) in [6.07, 6.45) is 0. The molecule has 0 unspecified atom stereocenters. The third-order valence-electron chi connectivity index (χ3n) is 4.85. The van der Waals surface area contributed by atoms with Crippen LogP contribution in [0.3, 0.4) is 0 Å². The molecule has 11 heteroatoms. The summed E-state index contributed by atoms with van der Waals surface area (Å²) in [5.41, 5.74) is 0.968. The second kappa shape index (κ2) is 9.67. The topological polar surface area (TPSA) is 121 Å². The van der Waals surface area contributed by atoms with Crippen LogP contribution < -0.4 is 4.80 Å². The van der Waals surface area contributed by atoms with Crippen molar-refractivity contribution in [1.82, 2.24) is 4.57 Å². The molecule has 33 heavy (non-hydrogen) atoms. The van der Waals surface area contributed by atoms with E-state index >= 15 is 0 Å². The van der Waals surface area contributed by atoms with E-state index < -0.39 is 32.9 Å². The van der Waals surface area contributed by atoms with E-state index in [0.29, 0.717) is 15.8 Å². The number of amides is 1. The summed E-state index contributed by atoms with van der Waals surface area (Å²) in [6, 6.07) is 10.4. The highest BCUT2D eigenvalue weighted by Gasteiger charge is 2.21. The van der Waals surface area contributed by atoms with Crippen LogP contribution in [0.5, 0.6) is 0 Å². The molecule has 0 saturated heterocycles. The lowest BCUT2D eigenvalue weighted by Crippen LogP contribution is -2.22. The average Bonchev–Trinajstić information content (AvgIpc) is 3.14. The van der Waals surface area contributed by atoms with Gasteiger partial charge in [-0.25, -0.2) is 13.2 Å². The molecular weight excluding hydrogens is 468 g/mol. The van der Waals surface area contributed by atoms with E-state index in [1.165, 1.54) is 43.1 Å². The van der Waals surface area contributed by atoms with Gasteiger partial charge in [0.05, 0.1) is 40.1 Å². The van der Waals surface area contributed by atoms with Gasteiger partial charge in [-0.3, -0.25) is 9.59 Å². The van der Waals surface area contributed by atoms with E-state index in [-0.39, 0.29) is 21.8 Å². The van der Waals surface area contributed by atoms with Crippen molar-refractivity contribution >= 4 is 49.2 Å². The fraction of sp³-hybridized carbons (Fsp3) is 0.273. The maximum absolute atomic E-state index is 12.9. The van der Waals surface area contributed by atoms with Gasteiger partial charge in [0.25, 0.3) is 5.91 Å². The Kier molecular flexibility index (Phi) is 7.13. The van der Waals surface area contributed by atoms with Crippen LogP contribution in [-0.4, -0.2) is 50.3 Å². The molecule has 2 aromatic carbocycles. The van der Waals surface area contributed by atoms with Crippen LogP contribution in [0.25, 0.3) is 10.2 Å². The first kappa shape index (κ1) is 24.3. The van der Waals surface area contributed by atoms with Gasteiger partial charge in [0.2, 0.25) is 0 Å². The van der Waals surface area contributed by atoms with Crippen LogP contribution in [0, 0.1) is 0 Å². The molecule has 0 aliphatic rings. The van der Waals surface area contributed by atoms with Gasteiger partial charge in [-0.05, 0) is 50.2 Å². The van der Waals surface area contributed by atoms with E-state index in [0.717, 1.165) is 11.3 Å². The molecule has 1 amide bonds. The zero-order valence-corrected chi connectivity index (χ0v) is 20.0. The number of fused-ring (bicyclic) bond motifs is 1. The number of esters is 2. The Morgan fingerprint density at radius 2 is 1.76 bits per heavy atom. The van der Waals surface area contributed by atoms with E-state index in [2.05, 4.69) is 4.99 Å². The first-order valence-electron chi connectivity index (χ1n) is 9.80. The largest absolute Gasteiger partial charge is 0.468 e. The molecule has 0 aliphatic heterocycles. The monoisotopic (exact) mass is 490 g/mol. The fourth-order valence-electron chi connectivity index (χ4n) is 2.98. The number of hydrogen-bond donors (Lipinski definition) is 0. The minimum atomic E-state index is -3.57. The number of ether oxygens (including phenoxy) is 2. The minimum Gasteiger partial charge on any atom is -0.468 e. The lowest BCUT2D eigenvalue weighted by Gasteiger charge is -2.08. The number of carbonyl (C=O) groups excluding carboxylic acids is 3. The van der Waals surface area contributed by atoms with E-state index in [4.69, 9.17) is 9.47 Å². The summed E-state index contributed by atoms with van der Waals surface area (Å²) in [4.78, 5) is 41.1. The molecule has 3 aromatic rings. The van der Waals surface area contributed by atoms with Crippen molar-refractivity contribution in [1.29, 1.82) is 0 Å². The van der Waals surface area contributed by atoms with Crippen molar-refractivity contribution < 1.29 is 32.3 Å². The van der Waals surface area contributed by atoms with Gasteiger partial charge in [-0.1, -0.05) is 17.4 Å². The standard InChI is InChI=1S/C22H22N2O7S2/c1-13(2)33(28,29)16-7-5-6-14(10-16)20(26)23-22-24(12-19(25)30-3)17-9-8-15(21(27)31-4)11-18(17)32-22/h5-11,13H,12H2,1-4H3. The smallest absolute Gasteiger partial charge is 0.337 e. The second-order valence-corrected chi connectivity index (χ2v) is 10.8. The molecular formula is C22H22N2O7S2. The number of nitrogens with zero attached hydrogens (tertiary/aromatic N) is 2. The number of rotatable bonds is 6. The van der Waals surface area contributed by atoms with Gasteiger partial charge >= 0.3 is 11.9 Å². The highest BCUT2D eigenvalue weighted by atomic mass is 32.2. The molecule has 0 spiro atoms. The van der Waals surface area contributed by atoms with E-state index in [9.17, 15) is 22.8 Å². The van der Waals surface area contributed by atoms with E-state index in [1.54, 1.807) is 32.0 Å². The molecule has 0 atom stereocenters. The van der Waals surface area contributed by atoms with Gasteiger partial charge in [-0.2, -0.15) is 4.99 Å². The Morgan fingerprint density at radius 1 is 1.03 bits per heavy atom. The molecule has 9 nitrogen and oxygen atoms in total. The zero-order valence-electron chi connectivity index (χ0n) is 18.4. The van der Waals surface area contributed by atoms with Crippen molar-refractivity contribution in [3.63, 3.8) is 0 Å². The zero-order chi connectivity index (χ0) is 24.3. The number of methoxy groups -OCH3 is 2. The highest BCUT2D eigenvalue weighted by molar-refractivity contribution is 7.92. The molecule has 1 aromatic heterocycles. The number of hydrogen-bond acceptors (Lipinski definition) is 8. The van der Waals surface area contributed by atoms with Crippen molar-refractivity contribution in [3.05, 3.63) is 58.4 Å². The van der Waals surface area contributed by atoms with Crippen LogP contribution in [0.4, 0.5) is 0 Å². The second-order valence-electron chi connectivity index (χ2n) is 7.26. The fourth-order valence-corrected chi connectivity index (χ4v) is 5.15. The van der Waals surface area contributed by atoms with Gasteiger partial charge in [0, 0.05) is 5.56 Å². The molecule has 0 fully saturated rings. The minimum absolute atomic E-state index is 0.0278. The Balaban J connectivity index is 2.14. The van der Waals surface area contributed by atoms with Crippen molar-refractivity contribution in [2.45, 2.75) is 30.5 Å². The Labute approximate surface area is 194 Å². The Morgan fingerprint density at radius 3 is 2.39 bits per heavy atom. The number of aromatic nitrogens is 1. The van der Waals surface area contributed by atoms with Gasteiger partial charge in [-0.15, -0.1) is 0 Å². The predicted molar refractivity (Wildman–Crippen MR) is 122 cm³/mol. The summed E-state index contributed by atoms with van der Waals surface area (Å²) in [7, 11) is -1.06. The summed E-state index contributed by atoms with van der Waals surface area (Å²) in [6.45, 7) is 2.91. The molecule has 0 N–H and O–H groups in total. The maximum Gasteiger partial charge on any atom is 0.337 e. The first-order chi connectivity index (χ1) is 15.6. The molecule has 0 aliphatic carbocycles. The summed E-state index contributed by atoms with van der Waals surface area (Å²) in [5, 5.41) is -0.645. The third kappa shape index (κ3) is 5.04. The normalized spacial score (nSPS) is 12.2. The van der Waals surface area contributed by atoms with Crippen LogP contribution >= 0.6 is 11.3 Å². The third-order valence-corrected chi connectivity index (χ3v) is 8.04. The molecule has 174 valence electrons. The SMILES string of the molecule is COC(=O)Cn1c(=NC(=O)c2cccc(S(=O)(=O)C(C)C)c2)sc2cc(C(=O)OC)ccc21. The number of sulfone groups is 1. The summed E-state index contributed by atoms with van der Waals surface area (Å²) >= 11 is 1.10. The molecule has 1 heterocycles. The van der Waals surface area contributed by atoms with Gasteiger partial charge < -0.3 is 14.0 Å². The van der Waals surface area contributed by atoms with Crippen LogP contribution in [0.1, 0.15) is 34.6 Å². The van der Waals surface area contributed by atoms with Crippen molar-refractivity contribution in [2.24, 2.45) is 4.99 Å². The number of benzene rings is 2. The van der Waals surface area contributed by atoms with Crippen LogP contribution in [0.2, 0.25) is 0 Å².